The molecule has 1 aromatic heterocycles. The quantitative estimate of drug-likeness (QED) is 0.900. The Hall–Kier alpha value is -1.57. The van der Waals surface area contributed by atoms with Gasteiger partial charge >= 0.3 is 0 Å². The van der Waals surface area contributed by atoms with Crippen molar-refractivity contribution in [2.75, 3.05) is 11.9 Å². The number of carbonyl (C=O) groups excluding carboxylic acids is 1. The van der Waals surface area contributed by atoms with Gasteiger partial charge in [-0.3, -0.25) is 4.79 Å². The van der Waals surface area contributed by atoms with E-state index in [0.29, 0.717) is 22.7 Å². The van der Waals surface area contributed by atoms with Crippen molar-refractivity contribution in [3.8, 4) is 0 Å². The number of rotatable bonds is 4. The molecule has 0 spiro atoms. The minimum Gasteiger partial charge on any atom is -0.416 e. The molecule has 2 N–H and O–H groups in total. The van der Waals surface area contributed by atoms with Crippen LogP contribution in [0.2, 0.25) is 5.02 Å². The molecule has 0 saturated carbocycles. The summed E-state index contributed by atoms with van der Waals surface area (Å²) in [6, 6.07) is 3.28. The number of hydrogen-bond donors (Lipinski definition) is 2. The molecule has 0 radical (unpaired) electrons. The summed E-state index contributed by atoms with van der Waals surface area (Å²) in [7, 11) is 0. The van der Waals surface area contributed by atoms with Gasteiger partial charge in [0.25, 0.3) is 5.22 Å². The van der Waals surface area contributed by atoms with E-state index in [4.69, 9.17) is 16.0 Å². The number of halogens is 1. The van der Waals surface area contributed by atoms with Gasteiger partial charge in [-0.2, -0.15) is 0 Å². The van der Waals surface area contributed by atoms with Gasteiger partial charge in [0.15, 0.2) is 0 Å². The number of aryl methyl sites for hydroxylation is 1. The summed E-state index contributed by atoms with van der Waals surface area (Å²) in [5.74, 6) is 0.425. The lowest BCUT2D eigenvalue weighted by Gasteiger charge is -2.10. The summed E-state index contributed by atoms with van der Waals surface area (Å²) in [4.78, 5) is 12.7. The van der Waals surface area contributed by atoms with E-state index in [9.17, 15) is 4.79 Å². The van der Waals surface area contributed by atoms with Gasteiger partial charge in [0.1, 0.15) is 6.04 Å². The normalized spacial score (nSPS) is 16.9. The monoisotopic (exact) mass is 324 g/mol. The second-order valence-corrected chi connectivity index (χ2v) is 5.94. The molecular formula is C13H13ClN4O2S. The Bertz CT molecular complexity index is 703. The number of benzene rings is 1. The van der Waals surface area contributed by atoms with Gasteiger partial charge in [-0.25, -0.2) is 0 Å². The predicted molar refractivity (Wildman–Crippen MR) is 79.7 cm³/mol. The number of hydrogen-bond acceptors (Lipinski definition) is 6. The minimum atomic E-state index is -0.354. The Labute approximate surface area is 130 Å². The summed E-state index contributed by atoms with van der Waals surface area (Å²) in [5.41, 5.74) is 1.62. The Balaban J connectivity index is 1.92. The number of likely N-dealkylation sites (N-methyl/N-ethyl adjacent to an activating group) is 1. The maximum absolute atomic E-state index is 11.9. The SMILES string of the molecule is CCNC1C(=O)Nc2cc(Sc3nnc(C)o3)c(Cl)cc21. The van der Waals surface area contributed by atoms with Gasteiger partial charge in [0.2, 0.25) is 11.8 Å². The van der Waals surface area contributed by atoms with Gasteiger partial charge in [0.05, 0.1) is 5.02 Å². The molecule has 21 heavy (non-hydrogen) atoms. The van der Waals surface area contributed by atoms with Gasteiger partial charge in [-0.1, -0.05) is 18.5 Å². The fourth-order valence-electron chi connectivity index (χ4n) is 2.16. The number of aromatic nitrogens is 2. The standard InChI is InChI=1S/C13H13ClN4O2S/c1-3-15-11-7-4-8(14)10(5-9(7)16-12(11)19)21-13-18-17-6(2)20-13/h4-5,11,15H,3H2,1-2H3,(H,16,19). The molecule has 2 aromatic rings. The number of fused-ring (bicyclic) bond motifs is 1. The lowest BCUT2D eigenvalue weighted by molar-refractivity contribution is -0.117. The van der Waals surface area contributed by atoms with Crippen LogP contribution in [0.15, 0.2) is 26.7 Å². The van der Waals surface area contributed by atoms with Crippen molar-refractivity contribution in [2.45, 2.75) is 30.0 Å². The first-order chi connectivity index (χ1) is 10.1. The molecule has 0 aliphatic carbocycles. The molecule has 110 valence electrons. The highest BCUT2D eigenvalue weighted by Crippen LogP contribution is 2.40. The van der Waals surface area contributed by atoms with E-state index in [1.807, 2.05) is 13.0 Å². The molecular weight excluding hydrogens is 312 g/mol. The van der Waals surface area contributed by atoms with Crippen LogP contribution < -0.4 is 10.6 Å². The average molecular weight is 325 g/mol. The van der Waals surface area contributed by atoms with E-state index in [0.717, 1.165) is 16.1 Å². The second kappa shape index (κ2) is 5.67. The molecule has 1 aliphatic rings. The molecule has 2 heterocycles. The zero-order valence-electron chi connectivity index (χ0n) is 11.4. The first-order valence-corrected chi connectivity index (χ1v) is 7.63. The highest BCUT2D eigenvalue weighted by atomic mass is 35.5. The van der Waals surface area contributed by atoms with E-state index in [2.05, 4.69) is 20.8 Å². The van der Waals surface area contributed by atoms with E-state index >= 15 is 0 Å². The average Bonchev–Trinajstić information content (AvgIpc) is 2.96. The van der Waals surface area contributed by atoms with Crippen LogP contribution in [0.5, 0.6) is 0 Å². The topological polar surface area (TPSA) is 80.0 Å². The zero-order valence-corrected chi connectivity index (χ0v) is 13.0. The lowest BCUT2D eigenvalue weighted by atomic mass is 10.1. The molecule has 0 saturated heterocycles. The highest BCUT2D eigenvalue weighted by molar-refractivity contribution is 7.99. The Morgan fingerprint density at radius 1 is 1.48 bits per heavy atom. The maximum atomic E-state index is 11.9. The first kappa shape index (κ1) is 14.4. The fourth-order valence-corrected chi connectivity index (χ4v) is 3.21. The van der Waals surface area contributed by atoms with Crippen molar-refractivity contribution in [3.63, 3.8) is 0 Å². The largest absolute Gasteiger partial charge is 0.416 e. The van der Waals surface area contributed by atoms with Crippen molar-refractivity contribution in [3.05, 3.63) is 28.6 Å². The Kier molecular flexibility index (Phi) is 3.88. The summed E-state index contributed by atoms with van der Waals surface area (Å²) in [6.45, 7) is 4.38. The molecule has 3 rings (SSSR count). The van der Waals surface area contributed by atoms with Crippen molar-refractivity contribution in [2.24, 2.45) is 0 Å². The van der Waals surface area contributed by atoms with E-state index in [1.165, 1.54) is 11.8 Å². The molecule has 6 nitrogen and oxygen atoms in total. The molecule has 1 unspecified atom stereocenters. The number of anilines is 1. The van der Waals surface area contributed by atoms with Crippen molar-refractivity contribution in [1.82, 2.24) is 15.5 Å². The molecule has 1 aliphatic heterocycles. The van der Waals surface area contributed by atoms with Crippen molar-refractivity contribution in [1.29, 1.82) is 0 Å². The highest BCUT2D eigenvalue weighted by Gasteiger charge is 2.31. The van der Waals surface area contributed by atoms with Crippen LogP contribution in [0.3, 0.4) is 0 Å². The van der Waals surface area contributed by atoms with Gasteiger partial charge in [0, 0.05) is 23.1 Å². The minimum absolute atomic E-state index is 0.0706. The Morgan fingerprint density at radius 3 is 2.95 bits per heavy atom. The fraction of sp³-hybridized carbons (Fsp3) is 0.308. The van der Waals surface area contributed by atoms with Crippen LogP contribution >= 0.6 is 23.4 Å². The van der Waals surface area contributed by atoms with Crippen molar-refractivity contribution >= 4 is 35.0 Å². The second-order valence-electron chi connectivity index (χ2n) is 4.54. The summed E-state index contributed by atoms with van der Waals surface area (Å²) in [6.07, 6.45) is 0. The molecule has 8 heteroatoms. The number of amides is 1. The van der Waals surface area contributed by atoms with Crippen LogP contribution in [-0.4, -0.2) is 22.6 Å². The zero-order chi connectivity index (χ0) is 15.0. The number of carbonyl (C=O) groups is 1. The first-order valence-electron chi connectivity index (χ1n) is 6.44. The molecule has 1 aromatic carbocycles. The summed E-state index contributed by atoms with van der Waals surface area (Å²) in [5, 5.41) is 14.6. The van der Waals surface area contributed by atoms with E-state index < -0.39 is 0 Å². The van der Waals surface area contributed by atoms with E-state index in [1.54, 1.807) is 13.0 Å². The van der Waals surface area contributed by atoms with Crippen molar-refractivity contribution < 1.29 is 9.21 Å². The van der Waals surface area contributed by atoms with Crippen LogP contribution in [0, 0.1) is 6.92 Å². The predicted octanol–water partition coefficient (Wildman–Crippen LogP) is 2.79. The van der Waals surface area contributed by atoms with Gasteiger partial charge < -0.3 is 15.1 Å². The van der Waals surface area contributed by atoms with Crippen LogP contribution in [0.4, 0.5) is 5.69 Å². The smallest absolute Gasteiger partial charge is 0.281 e. The van der Waals surface area contributed by atoms with Gasteiger partial charge in [-0.15, -0.1) is 10.2 Å². The summed E-state index contributed by atoms with van der Waals surface area (Å²) >= 11 is 7.57. The van der Waals surface area contributed by atoms with Gasteiger partial charge in [-0.05, 0) is 30.4 Å². The molecule has 0 bridgehead atoms. The van der Waals surface area contributed by atoms with Crippen LogP contribution in [0.25, 0.3) is 0 Å². The third kappa shape index (κ3) is 2.76. The maximum Gasteiger partial charge on any atom is 0.281 e. The molecule has 0 fully saturated rings. The summed E-state index contributed by atoms with van der Waals surface area (Å²) < 4.78 is 5.33. The van der Waals surface area contributed by atoms with E-state index in [-0.39, 0.29) is 11.9 Å². The molecule has 1 atom stereocenters. The number of nitrogens with one attached hydrogen (secondary N) is 2. The lowest BCUT2D eigenvalue weighted by Crippen LogP contribution is -2.27. The number of nitrogens with zero attached hydrogens (tertiary/aromatic N) is 2. The Morgan fingerprint density at radius 2 is 2.29 bits per heavy atom. The molecule has 1 amide bonds. The van der Waals surface area contributed by atoms with Crippen LogP contribution in [-0.2, 0) is 4.79 Å². The third-order valence-electron chi connectivity index (χ3n) is 3.05. The third-order valence-corrected chi connectivity index (χ3v) is 4.37. The van der Waals surface area contributed by atoms with Crippen LogP contribution in [0.1, 0.15) is 24.4 Å².